The number of anilines is 4. The normalized spacial score (nSPS) is 17.3. The van der Waals surface area contributed by atoms with E-state index >= 15 is 0 Å². The van der Waals surface area contributed by atoms with Crippen LogP contribution in [-0.4, -0.2) is 129 Å². The number of piperazine rings is 2. The quantitative estimate of drug-likeness (QED) is 0.223. The summed E-state index contributed by atoms with van der Waals surface area (Å²) in [5.41, 5.74) is 5.50. The molecule has 4 aliphatic rings. The fourth-order valence-corrected chi connectivity index (χ4v) is 10.6. The summed E-state index contributed by atoms with van der Waals surface area (Å²) in [5.74, 6) is -0.390. The molecule has 8 rings (SSSR count). The molecule has 0 saturated carbocycles. The van der Waals surface area contributed by atoms with Crippen molar-refractivity contribution in [1.29, 1.82) is 0 Å². The Labute approximate surface area is 391 Å². The maximum Gasteiger partial charge on any atom is 0.421 e. The largest absolute Gasteiger partial charge is 0.449 e. The predicted octanol–water partition coefficient (Wildman–Crippen LogP) is 4.71. The molecule has 0 aromatic heterocycles. The average molecular weight is 965 g/mol. The summed E-state index contributed by atoms with van der Waals surface area (Å²) in [6.45, 7) is 11.8. The zero-order chi connectivity index (χ0) is 48.0. The van der Waals surface area contributed by atoms with E-state index in [0.29, 0.717) is 52.4 Å². The minimum atomic E-state index is -4.01. The predicted molar refractivity (Wildman–Crippen MR) is 252 cm³/mol. The molecule has 67 heavy (non-hydrogen) atoms. The fourth-order valence-electron chi connectivity index (χ4n) is 9.17. The van der Waals surface area contributed by atoms with Crippen molar-refractivity contribution in [2.45, 2.75) is 68.3 Å². The first-order valence-electron chi connectivity index (χ1n) is 22.5. The molecule has 0 bridgehead atoms. The highest BCUT2D eigenvalue weighted by Crippen LogP contribution is 2.32. The molecule has 2 atom stereocenters. The number of nitrogens with zero attached hydrogens (tertiary/aromatic N) is 6. The van der Waals surface area contributed by atoms with Crippen LogP contribution in [0.4, 0.5) is 36.3 Å². The number of carbonyl (C=O) groups is 3. The topological polar surface area (TPSA) is 186 Å². The van der Waals surface area contributed by atoms with Crippen molar-refractivity contribution < 1.29 is 44.7 Å². The number of ether oxygens (including phenoxy) is 1. The van der Waals surface area contributed by atoms with Crippen molar-refractivity contribution in [3.8, 4) is 0 Å². The Morgan fingerprint density at radius 1 is 0.612 bits per heavy atom. The monoisotopic (exact) mass is 964 g/mol. The average Bonchev–Trinajstić information content (AvgIpc) is 3.32. The first kappa shape index (κ1) is 48.9. The van der Waals surface area contributed by atoms with Crippen molar-refractivity contribution in [2.75, 3.05) is 91.7 Å². The second-order valence-electron chi connectivity index (χ2n) is 17.0. The third-order valence-electron chi connectivity index (χ3n) is 12.8. The lowest BCUT2D eigenvalue weighted by Gasteiger charge is -2.41. The number of primary sulfonamides is 1. The summed E-state index contributed by atoms with van der Waals surface area (Å²) in [4.78, 5) is 50.1. The molecule has 3 amide bonds. The molecule has 20 heteroatoms. The van der Waals surface area contributed by atoms with Gasteiger partial charge in [0.05, 0.1) is 16.4 Å². The van der Waals surface area contributed by atoms with E-state index in [9.17, 15) is 40.0 Å². The van der Waals surface area contributed by atoms with Gasteiger partial charge < -0.3 is 34.1 Å². The van der Waals surface area contributed by atoms with E-state index in [4.69, 9.17) is 5.14 Å². The second kappa shape index (κ2) is 20.9. The highest BCUT2D eigenvalue weighted by molar-refractivity contribution is 7.90. The molecule has 0 radical (unpaired) electrons. The van der Waals surface area contributed by atoms with Crippen molar-refractivity contribution in [2.24, 2.45) is 5.14 Å². The summed E-state index contributed by atoms with van der Waals surface area (Å²) in [7, 11) is -7.73. The number of nitrogens with one attached hydrogen (secondary N) is 1. The summed E-state index contributed by atoms with van der Waals surface area (Å²) in [6.07, 6.45) is 2.39. The van der Waals surface area contributed by atoms with Crippen LogP contribution in [-0.2, 0) is 47.2 Å². The van der Waals surface area contributed by atoms with Crippen LogP contribution in [0.25, 0.3) is 0 Å². The summed E-state index contributed by atoms with van der Waals surface area (Å²) >= 11 is 0. The Bertz CT molecular complexity index is 2640. The van der Waals surface area contributed by atoms with Gasteiger partial charge in [0.2, 0.25) is 21.8 Å². The Morgan fingerprint density at radius 3 is 1.40 bits per heavy atom. The summed E-state index contributed by atoms with van der Waals surface area (Å²) in [5, 5.41) is 5.16. The number of carbonyl (C=O) groups excluding carboxylic acids is 3. The van der Waals surface area contributed by atoms with Crippen molar-refractivity contribution in [3.05, 3.63) is 108 Å². The minimum Gasteiger partial charge on any atom is -0.449 e. The number of halogens is 2. The number of rotatable bonds is 10. The first-order valence-corrected chi connectivity index (χ1v) is 25.6. The van der Waals surface area contributed by atoms with Crippen molar-refractivity contribution >= 4 is 60.7 Å². The van der Waals surface area contributed by atoms with E-state index in [1.54, 1.807) is 55.5 Å². The SMILES string of the molecule is CCOC(=O)NS(=O)(=O)c1ccc(N2CCN(C(=O)[C@@H](C)N3CCCc4cc(F)ccc43)CC2)cc1.C[C@H](C(=O)N1CCN(c2ccc(S(N)(=O)=O)cc2)CC1)N1CCCc2cc(F)ccc21. The molecule has 360 valence electrons. The van der Waals surface area contributed by atoms with Gasteiger partial charge in [-0.25, -0.2) is 40.3 Å². The molecule has 0 spiro atoms. The van der Waals surface area contributed by atoms with Crippen LogP contribution in [0.3, 0.4) is 0 Å². The van der Waals surface area contributed by atoms with E-state index in [-0.39, 0.29) is 51.9 Å². The minimum absolute atomic E-state index is 0.0383. The highest BCUT2D eigenvalue weighted by Gasteiger charge is 2.33. The maximum absolute atomic E-state index is 13.7. The lowest BCUT2D eigenvalue weighted by atomic mass is 9.99. The second-order valence-corrected chi connectivity index (χ2v) is 20.2. The Kier molecular flexibility index (Phi) is 15.3. The number of hydrogen-bond donors (Lipinski definition) is 2. The van der Waals surface area contributed by atoms with Crippen LogP contribution in [0.1, 0.15) is 44.7 Å². The van der Waals surface area contributed by atoms with Gasteiger partial charge in [0, 0.05) is 88.2 Å². The lowest BCUT2D eigenvalue weighted by molar-refractivity contribution is -0.133. The molecule has 4 aliphatic heterocycles. The molecule has 4 aromatic carbocycles. The van der Waals surface area contributed by atoms with E-state index in [1.807, 2.05) is 28.4 Å². The number of amides is 3. The molecule has 0 unspecified atom stereocenters. The molecule has 4 aromatic rings. The van der Waals surface area contributed by atoms with E-state index in [2.05, 4.69) is 24.3 Å². The zero-order valence-corrected chi connectivity index (χ0v) is 39.6. The van der Waals surface area contributed by atoms with E-state index < -0.39 is 26.1 Å². The van der Waals surface area contributed by atoms with Gasteiger partial charge in [-0.2, -0.15) is 0 Å². The van der Waals surface area contributed by atoms with Crippen LogP contribution in [0, 0.1) is 11.6 Å². The molecule has 16 nitrogen and oxygen atoms in total. The van der Waals surface area contributed by atoms with Gasteiger partial charge in [0.15, 0.2) is 0 Å². The van der Waals surface area contributed by atoms with Crippen molar-refractivity contribution in [3.63, 3.8) is 0 Å². The van der Waals surface area contributed by atoms with E-state index in [0.717, 1.165) is 72.6 Å². The van der Waals surface area contributed by atoms with Crippen LogP contribution in [0.2, 0.25) is 0 Å². The van der Waals surface area contributed by atoms with Gasteiger partial charge in [0.1, 0.15) is 23.7 Å². The maximum atomic E-state index is 13.7. The number of sulfonamides is 2. The van der Waals surface area contributed by atoms with Crippen LogP contribution < -0.4 is 29.5 Å². The smallest absolute Gasteiger partial charge is 0.421 e. The van der Waals surface area contributed by atoms with Crippen LogP contribution in [0.5, 0.6) is 0 Å². The first-order chi connectivity index (χ1) is 31.9. The molecule has 2 saturated heterocycles. The molecule has 2 fully saturated rings. The molecule has 4 heterocycles. The zero-order valence-electron chi connectivity index (χ0n) is 37.9. The van der Waals surface area contributed by atoms with Gasteiger partial charge in [-0.3, -0.25) is 9.59 Å². The molecule has 0 aliphatic carbocycles. The molecular formula is C47H58F2N8O8S2. The summed E-state index contributed by atoms with van der Waals surface area (Å²) in [6, 6.07) is 21.6. The standard InChI is InChI=1S/C25H31FN4O5S.C22H27FN4O3S/c1-3-35-25(32)27-36(33,34)22-9-7-21(8-10-22)28-13-15-29(16-14-28)24(31)18(2)30-12-4-5-19-17-20(26)6-11-23(19)30;1-16(27-10-2-3-17-15-18(23)4-9-21(17)27)22(28)26-13-11-25(12-14-26)19-5-7-20(8-6-19)31(24,29)30/h6-11,17-18H,3-5,12-16H2,1-2H3,(H,27,32);4-9,15-16H,2-3,10-14H2,1H3,(H2,24,29,30)/t18-;16-/m11/s1. The molecular weight excluding hydrogens is 907 g/mol. The number of nitrogens with two attached hydrogens (primary N) is 1. The van der Waals surface area contributed by atoms with Gasteiger partial charge in [-0.05, 0) is 143 Å². The van der Waals surface area contributed by atoms with Gasteiger partial charge in [0.25, 0.3) is 10.0 Å². The lowest BCUT2D eigenvalue weighted by Crippen LogP contribution is -2.55. The van der Waals surface area contributed by atoms with Crippen molar-refractivity contribution in [1.82, 2.24) is 14.5 Å². The number of benzene rings is 4. The summed E-state index contributed by atoms with van der Waals surface area (Å²) < 4.78 is 81.2. The highest BCUT2D eigenvalue weighted by atomic mass is 32.2. The van der Waals surface area contributed by atoms with Crippen LogP contribution >= 0.6 is 0 Å². The Balaban J connectivity index is 0.000000201. The van der Waals surface area contributed by atoms with Gasteiger partial charge in [-0.1, -0.05) is 0 Å². The fraction of sp³-hybridized carbons (Fsp3) is 0.426. The van der Waals surface area contributed by atoms with Gasteiger partial charge >= 0.3 is 6.09 Å². The van der Waals surface area contributed by atoms with Crippen LogP contribution in [0.15, 0.2) is 94.7 Å². The number of aryl methyl sites for hydroxylation is 2. The number of fused-ring (bicyclic) bond motifs is 2. The number of hydrogen-bond acceptors (Lipinski definition) is 12. The van der Waals surface area contributed by atoms with E-state index in [1.165, 1.54) is 36.4 Å². The third kappa shape index (κ3) is 11.6. The Morgan fingerprint density at radius 2 is 1.01 bits per heavy atom. The Hall–Kier alpha value is -5.99. The molecule has 3 N–H and O–H groups in total. The van der Waals surface area contributed by atoms with Gasteiger partial charge in [-0.15, -0.1) is 0 Å². The third-order valence-corrected chi connectivity index (χ3v) is 15.0.